The lowest BCUT2D eigenvalue weighted by Gasteiger charge is -2.33. The summed E-state index contributed by atoms with van der Waals surface area (Å²) in [6.45, 7) is 3.39. The Bertz CT molecular complexity index is 1010. The van der Waals surface area contributed by atoms with Gasteiger partial charge in [-0.1, -0.05) is 12.1 Å². The van der Waals surface area contributed by atoms with Crippen LogP contribution in [0, 0.1) is 6.92 Å². The lowest BCUT2D eigenvalue weighted by molar-refractivity contribution is -0.123. The van der Waals surface area contributed by atoms with Crippen molar-refractivity contribution in [2.45, 2.75) is 20.0 Å². The monoisotopic (exact) mass is 351 g/mol. The normalized spacial score (nSPS) is 16.1. The standard InChI is InChI=1S/C19H17N3O4/c1-11-20-14-9-13(7-8-16(14)25-11)21-19(24)18-10-22(12(2)23)15-5-3-4-6-17(15)26-18/h3-9,18H,10H2,1-2H3,(H,21,24)/t18-/m1/s1. The van der Waals surface area contributed by atoms with Crippen molar-refractivity contribution >= 4 is 34.3 Å². The zero-order valence-corrected chi connectivity index (χ0v) is 14.4. The van der Waals surface area contributed by atoms with Gasteiger partial charge in [-0.2, -0.15) is 0 Å². The van der Waals surface area contributed by atoms with Crippen molar-refractivity contribution < 1.29 is 18.7 Å². The molecule has 1 aliphatic heterocycles. The minimum atomic E-state index is -0.802. The topological polar surface area (TPSA) is 84.7 Å². The molecule has 1 atom stereocenters. The first-order chi connectivity index (χ1) is 12.5. The number of carbonyl (C=O) groups is 2. The quantitative estimate of drug-likeness (QED) is 0.767. The van der Waals surface area contributed by atoms with E-state index in [-0.39, 0.29) is 18.4 Å². The predicted octanol–water partition coefficient (Wildman–Crippen LogP) is 2.89. The van der Waals surface area contributed by atoms with E-state index in [1.807, 2.05) is 6.07 Å². The van der Waals surface area contributed by atoms with Crippen molar-refractivity contribution in [3.63, 3.8) is 0 Å². The second-order valence-electron chi connectivity index (χ2n) is 6.11. The van der Waals surface area contributed by atoms with E-state index in [0.29, 0.717) is 34.1 Å². The third kappa shape index (κ3) is 2.88. The van der Waals surface area contributed by atoms with Gasteiger partial charge in [0.05, 0.1) is 12.2 Å². The third-order valence-electron chi connectivity index (χ3n) is 4.21. The van der Waals surface area contributed by atoms with Gasteiger partial charge in [0, 0.05) is 19.5 Å². The number of oxazole rings is 1. The molecule has 4 rings (SSSR count). The number of para-hydroxylation sites is 2. The summed E-state index contributed by atoms with van der Waals surface area (Å²) >= 11 is 0. The molecule has 2 amide bonds. The summed E-state index contributed by atoms with van der Waals surface area (Å²) < 4.78 is 11.2. The number of anilines is 2. The van der Waals surface area contributed by atoms with Crippen LogP contribution >= 0.6 is 0 Å². The summed E-state index contributed by atoms with van der Waals surface area (Å²) in [7, 11) is 0. The first-order valence-corrected chi connectivity index (χ1v) is 8.23. The highest BCUT2D eigenvalue weighted by Crippen LogP contribution is 2.33. The summed E-state index contributed by atoms with van der Waals surface area (Å²) in [6.07, 6.45) is -0.802. The molecule has 1 aliphatic rings. The average molecular weight is 351 g/mol. The molecule has 0 fully saturated rings. The summed E-state index contributed by atoms with van der Waals surface area (Å²) in [5.41, 5.74) is 2.59. The fourth-order valence-electron chi connectivity index (χ4n) is 3.01. The lowest BCUT2D eigenvalue weighted by atomic mass is 10.1. The highest BCUT2D eigenvalue weighted by atomic mass is 16.5. The van der Waals surface area contributed by atoms with E-state index in [1.165, 1.54) is 6.92 Å². The maximum absolute atomic E-state index is 12.7. The van der Waals surface area contributed by atoms with Crippen molar-refractivity contribution in [2.75, 3.05) is 16.8 Å². The Hall–Kier alpha value is -3.35. The first kappa shape index (κ1) is 16.1. The van der Waals surface area contributed by atoms with Gasteiger partial charge in [-0.3, -0.25) is 9.59 Å². The van der Waals surface area contributed by atoms with Crippen LogP contribution in [0.2, 0.25) is 0 Å². The molecule has 0 spiro atoms. The van der Waals surface area contributed by atoms with Crippen molar-refractivity contribution in [3.8, 4) is 5.75 Å². The largest absolute Gasteiger partial charge is 0.476 e. The first-order valence-electron chi connectivity index (χ1n) is 8.23. The number of benzene rings is 2. The number of ether oxygens (including phenoxy) is 1. The average Bonchev–Trinajstić information content (AvgIpc) is 2.99. The number of nitrogens with zero attached hydrogens (tertiary/aromatic N) is 2. The van der Waals surface area contributed by atoms with Crippen LogP contribution in [0.25, 0.3) is 11.1 Å². The van der Waals surface area contributed by atoms with Crippen molar-refractivity contribution in [1.82, 2.24) is 4.98 Å². The summed E-state index contributed by atoms with van der Waals surface area (Å²) in [4.78, 5) is 30.4. The van der Waals surface area contributed by atoms with Gasteiger partial charge in [0.15, 0.2) is 17.6 Å². The molecule has 2 heterocycles. The van der Waals surface area contributed by atoms with Crippen LogP contribution in [0.3, 0.4) is 0 Å². The Labute approximate surface area is 149 Å². The van der Waals surface area contributed by atoms with E-state index in [9.17, 15) is 9.59 Å². The van der Waals surface area contributed by atoms with Crippen molar-refractivity contribution in [2.24, 2.45) is 0 Å². The van der Waals surface area contributed by atoms with Crippen LogP contribution < -0.4 is 15.0 Å². The molecule has 7 nitrogen and oxygen atoms in total. The van der Waals surface area contributed by atoms with Crippen LogP contribution in [0.4, 0.5) is 11.4 Å². The number of carbonyl (C=O) groups excluding carboxylic acids is 2. The molecule has 7 heteroatoms. The van der Waals surface area contributed by atoms with Gasteiger partial charge < -0.3 is 19.4 Å². The molecule has 1 aromatic heterocycles. The van der Waals surface area contributed by atoms with E-state index >= 15 is 0 Å². The number of rotatable bonds is 2. The second kappa shape index (κ2) is 6.18. The fourth-order valence-corrected chi connectivity index (χ4v) is 3.01. The maximum atomic E-state index is 12.7. The lowest BCUT2D eigenvalue weighted by Crippen LogP contribution is -2.48. The van der Waals surface area contributed by atoms with Crippen LogP contribution in [0.1, 0.15) is 12.8 Å². The Balaban J connectivity index is 1.56. The van der Waals surface area contributed by atoms with Gasteiger partial charge in [-0.25, -0.2) is 4.98 Å². The highest BCUT2D eigenvalue weighted by Gasteiger charge is 2.32. The van der Waals surface area contributed by atoms with E-state index in [1.54, 1.807) is 48.2 Å². The molecule has 0 aliphatic carbocycles. The molecule has 0 unspecified atom stereocenters. The summed E-state index contributed by atoms with van der Waals surface area (Å²) in [5, 5.41) is 2.82. The van der Waals surface area contributed by atoms with E-state index in [0.717, 1.165) is 0 Å². The molecule has 3 aromatic rings. The van der Waals surface area contributed by atoms with Gasteiger partial charge in [0.2, 0.25) is 5.91 Å². The molecule has 1 N–H and O–H groups in total. The van der Waals surface area contributed by atoms with Gasteiger partial charge in [-0.15, -0.1) is 0 Å². The minimum absolute atomic E-state index is 0.141. The van der Waals surface area contributed by atoms with E-state index in [2.05, 4.69) is 10.3 Å². The van der Waals surface area contributed by atoms with E-state index < -0.39 is 6.10 Å². The molecular formula is C19H17N3O4. The highest BCUT2D eigenvalue weighted by molar-refractivity contribution is 6.00. The molecule has 2 aromatic carbocycles. The molecule has 132 valence electrons. The Morgan fingerprint density at radius 2 is 2.04 bits per heavy atom. The number of fused-ring (bicyclic) bond motifs is 2. The number of aryl methyl sites for hydroxylation is 1. The second-order valence-corrected chi connectivity index (χ2v) is 6.11. The SMILES string of the molecule is CC(=O)N1C[C@H](C(=O)Nc2ccc3oc(C)nc3c2)Oc2ccccc21. The maximum Gasteiger partial charge on any atom is 0.267 e. The van der Waals surface area contributed by atoms with E-state index in [4.69, 9.17) is 9.15 Å². The Morgan fingerprint density at radius 3 is 2.85 bits per heavy atom. The summed E-state index contributed by atoms with van der Waals surface area (Å²) in [5.74, 6) is 0.604. The number of hydrogen-bond donors (Lipinski definition) is 1. The number of amides is 2. The predicted molar refractivity (Wildman–Crippen MR) is 96.3 cm³/mol. The van der Waals surface area contributed by atoms with Crippen LogP contribution in [0.15, 0.2) is 46.9 Å². The number of hydrogen-bond acceptors (Lipinski definition) is 5. The van der Waals surface area contributed by atoms with Crippen LogP contribution in [-0.4, -0.2) is 29.4 Å². The smallest absolute Gasteiger partial charge is 0.267 e. The van der Waals surface area contributed by atoms with Crippen molar-refractivity contribution in [3.05, 3.63) is 48.4 Å². The minimum Gasteiger partial charge on any atom is -0.476 e. The van der Waals surface area contributed by atoms with Gasteiger partial charge >= 0.3 is 0 Å². The molecule has 0 saturated carbocycles. The Morgan fingerprint density at radius 1 is 1.23 bits per heavy atom. The molecule has 0 radical (unpaired) electrons. The zero-order valence-electron chi connectivity index (χ0n) is 14.4. The van der Waals surface area contributed by atoms with Gasteiger partial charge in [0.1, 0.15) is 11.3 Å². The molecule has 0 bridgehead atoms. The Kier molecular flexibility index (Phi) is 3.84. The molecule has 26 heavy (non-hydrogen) atoms. The van der Waals surface area contributed by atoms with Crippen molar-refractivity contribution in [1.29, 1.82) is 0 Å². The number of nitrogens with one attached hydrogen (secondary N) is 1. The summed E-state index contributed by atoms with van der Waals surface area (Å²) in [6, 6.07) is 12.4. The fraction of sp³-hybridized carbons (Fsp3) is 0.211. The van der Waals surface area contributed by atoms with Gasteiger partial charge in [-0.05, 0) is 30.3 Å². The third-order valence-corrected chi connectivity index (χ3v) is 4.21. The number of aromatic nitrogens is 1. The molecule has 0 saturated heterocycles. The van der Waals surface area contributed by atoms with Crippen LogP contribution in [-0.2, 0) is 9.59 Å². The van der Waals surface area contributed by atoms with Gasteiger partial charge in [0.25, 0.3) is 5.91 Å². The molecular weight excluding hydrogens is 334 g/mol. The van der Waals surface area contributed by atoms with Crippen LogP contribution in [0.5, 0.6) is 5.75 Å². The zero-order chi connectivity index (χ0) is 18.3.